The van der Waals surface area contributed by atoms with Crippen LogP contribution in [0.1, 0.15) is 4.88 Å². The van der Waals surface area contributed by atoms with Gasteiger partial charge >= 0.3 is 5.00 Å². The Morgan fingerprint density at radius 1 is 1.35 bits per heavy atom. The zero-order chi connectivity index (χ0) is 18.7. The Morgan fingerprint density at radius 3 is 2.85 bits per heavy atom. The lowest BCUT2D eigenvalue weighted by atomic mass is 10.3. The maximum Gasteiger partial charge on any atom is 0.324 e. The fourth-order valence-electron chi connectivity index (χ4n) is 2.29. The normalized spacial score (nSPS) is 12.1. The van der Waals surface area contributed by atoms with Crippen LogP contribution in [0.5, 0.6) is 0 Å². The van der Waals surface area contributed by atoms with Crippen molar-refractivity contribution < 1.29 is 14.1 Å². The van der Waals surface area contributed by atoms with Crippen LogP contribution in [0, 0.1) is 15.9 Å². The molecule has 1 amide bonds. The molecule has 1 aromatic carbocycles. The SMILES string of the molecule is C=CCn1c(=NC(=O)C=Cc2ccc([N+](=O)[O-])s2)sc2cccc(F)c21. The van der Waals surface area contributed by atoms with Gasteiger partial charge in [-0.2, -0.15) is 4.99 Å². The molecule has 0 aliphatic carbocycles. The molecule has 2 aromatic heterocycles. The van der Waals surface area contributed by atoms with Crippen LogP contribution in [0.4, 0.5) is 9.39 Å². The predicted octanol–water partition coefficient (Wildman–Crippen LogP) is 4.14. The van der Waals surface area contributed by atoms with Gasteiger partial charge in [0, 0.05) is 23.6 Å². The molecule has 0 radical (unpaired) electrons. The first kappa shape index (κ1) is 17.9. The van der Waals surface area contributed by atoms with Gasteiger partial charge in [0.2, 0.25) is 0 Å². The van der Waals surface area contributed by atoms with Gasteiger partial charge in [-0.3, -0.25) is 14.9 Å². The number of amides is 1. The number of thiazole rings is 1. The number of hydrogen-bond donors (Lipinski definition) is 0. The number of nitrogens with zero attached hydrogens (tertiary/aromatic N) is 3. The molecule has 0 bridgehead atoms. The Labute approximate surface area is 155 Å². The number of halogens is 1. The number of benzene rings is 1. The van der Waals surface area contributed by atoms with Crippen molar-refractivity contribution in [1.82, 2.24) is 4.57 Å². The summed E-state index contributed by atoms with van der Waals surface area (Å²) < 4.78 is 16.4. The van der Waals surface area contributed by atoms with Crippen molar-refractivity contribution in [2.75, 3.05) is 0 Å². The minimum atomic E-state index is -0.536. The second kappa shape index (κ2) is 7.54. The van der Waals surface area contributed by atoms with Crippen molar-refractivity contribution in [1.29, 1.82) is 0 Å². The Kier molecular flexibility index (Phi) is 5.19. The van der Waals surface area contributed by atoms with E-state index in [0.29, 0.717) is 26.4 Å². The fourth-order valence-corrected chi connectivity index (χ4v) is 4.07. The van der Waals surface area contributed by atoms with Crippen molar-refractivity contribution >= 4 is 49.9 Å². The van der Waals surface area contributed by atoms with Gasteiger partial charge in [-0.1, -0.05) is 34.8 Å². The highest BCUT2D eigenvalue weighted by atomic mass is 32.1. The first-order chi connectivity index (χ1) is 12.5. The largest absolute Gasteiger partial charge is 0.324 e. The predicted molar refractivity (Wildman–Crippen MR) is 101 cm³/mol. The van der Waals surface area contributed by atoms with Gasteiger partial charge in [0.25, 0.3) is 5.91 Å². The number of rotatable bonds is 5. The molecular formula is C17H12FN3O3S2. The Hall–Kier alpha value is -2.91. The molecule has 0 saturated carbocycles. The Morgan fingerprint density at radius 2 is 2.15 bits per heavy atom. The van der Waals surface area contributed by atoms with Crippen LogP contribution in [0.3, 0.4) is 0 Å². The topological polar surface area (TPSA) is 77.5 Å². The lowest BCUT2D eigenvalue weighted by molar-refractivity contribution is -0.380. The maximum atomic E-state index is 14.1. The third kappa shape index (κ3) is 3.68. The van der Waals surface area contributed by atoms with E-state index in [0.717, 1.165) is 11.3 Å². The van der Waals surface area contributed by atoms with Crippen molar-refractivity contribution in [3.8, 4) is 0 Å². The van der Waals surface area contributed by atoms with E-state index in [9.17, 15) is 19.3 Å². The summed E-state index contributed by atoms with van der Waals surface area (Å²) in [5.74, 6) is -0.929. The van der Waals surface area contributed by atoms with E-state index in [1.807, 2.05) is 0 Å². The summed E-state index contributed by atoms with van der Waals surface area (Å²) >= 11 is 2.16. The fraction of sp³-hybridized carbons (Fsp3) is 0.0588. The first-order valence-electron chi connectivity index (χ1n) is 7.39. The highest BCUT2D eigenvalue weighted by molar-refractivity contribution is 7.16. The molecule has 0 fully saturated rings. The molecule has 3 aromatic rings. The van der Waals surface area contributed by atoms with E-state index < -0.39 is 16.6 Å². The second-order valence-corrected chi connectivity index (χ2v) is 7.19. The molecule has 0 aliphatic heterocycles. The zero-order valence-corrected chi connectivity index (χ0v) is 14.9. The number of hydrogen-bond acceptors (Lipinski definition) is 5. The van der Waals surface area contributed by atoms with Gasteiger partial charge in [-0.05, 0) is 24.3 Å². The molecule has 0 saturated heterocycles. The second-order valence-electron chi connectivity index (χ2n) is 5.09. The lowest BCUT2D eigenvalue weighted by Gasteiger charge is -2.01. The monoisotopic (exact) mass is 389 g/mol. The summed E-state index contributed by atoms with van der Waals surface area (Å²) in [4.78, 5) is 27.3. The number of allylic oxidation sites excluding steroid dienone is 1. The van der Waals surface area contributed by atoms with Crippen molar-refractivity contribution in [3.05, 3.63) is 74.7 Å². The van der Waals surface area contributed by atoms with Gasteiger partial charge in [-0.15, -0.1) is 6.58 Å². The van der Waals surface area contributed by atoms with E-state index in [4.69, 9.17) is 0 Å². The van der Waals surface area contributed by atoms with Gasteiger partial charge < -0.3 is 4.57 Å². The van der Waals surface area contributed by atoms with Gasteiger partial charge in [0.05, 0.1) is 15.1 Å². The number of fused-ring (bicyclic) bond motifs is 1. The number of nitro groups is 1. The molecule has 26 heavy (non-hydrogen) atoms. The highest BCUT2D eigenvalue weighted by Gasteiger charge is 2.11. The van der Waals surface area contributed by atoms with Crippen LogP contribution < -0.4 is 4.80 Å². The summed E-state index contributed by atoms with van der Waals surface area (Å²) in [5, 5.41) is 10.7. The number of carbonyl (C=O) groups excluding carboxylic acids is 1. The van der Waals surface area contributed by atoms with Gasteiger partial charge in [0.1, 0.15) is 5.82 Å². The van der Waals surface area contributed by atoms with E-state index in [-0.39, 0.29) is 5.00 Å². The van der Waals surface area contributed by atoms with Crippen molar-refractivity contribution in [2.24, 2.45) is 4.99 Å². The molecule has 3 rings (SSSR count). The van der Waals surface area contributed by atoms with Crippen LogP contribution in [-0.4, -0.2) is 15.4 Å². The number of aromatic nitrogens is 1. The first-order valence-corrected chi connectivity index (χ1v) is 9.02. The molecule has 2 heterocycles. The van der Waals surface area contributed by atoms with Crippen LogP contribution in [0.15, 0.2) is 54.1 Å². The van der Waals surface area contributed by atoms with Gasteiger partial charge in [0.15, 0.2) is 4.80 Å². The third-order valence-electron chi connectivity index (χ3n) is 3.35. The minimum Gasteiger partial charge on any atom is -0.310 e. The Bertz CT molecular complexity index is 1110. The molecule has 6 nitrogen and oxygen atoms in total. The van der Waals surface area contributed by atoms with Gasteiger partial charge in [-0.25, -0.2) is 4.39 Å². The zero-order valence-electron chi connectivity index (χ0n) is 13.3. The molecular weight excluding hydrogens is 377 g/mol. The lowest BCUT2D eigenvalue weighted by Crippen LogP contribution is -2.16. The van der Waals surface area contributed by atoms with Crippen molar-refractivity contribution in [2.45, 2.75) is 6.54 Å². The number of para-hydroxylation sites is 1. The average Bonchev–Trinajstić information content (AvgIpc) is 3.20. The highest BCUT2D eigenvalue weighted by Crippen LogP contribution is 2.25. The van der Waals surface area contributed by atoms with Crippen LogP contribution in [0.2, 0.25) is 0 Å². The number of carbonyl (C=O) groups is 1. The van der Waals surface area contributed by atoms with E-state index in [2.05, 4.69) is 11.6 Å². The number of thiophene rings is 1. The quantitative estimate of drug-likeness (QED) is 0.285. The van der Waals surface area contributed by atoms with E-state index >= 15 is 0 Å². The third-order valence-corrected chi connectivity index (χ3v) is 5.40. The summed E-state index contributed by atoms with van der Waals surface area (Å²) in [6.07, 6.45) is 4.30. The molecule has 0 spiro atoms. The molecule has 9 heteroatoms. The summed E-state index contributed by atoms with van der Waals surface area (Å²) in [6.45, 7) is 3.97. The summed E-state index contributed by atoms with van der Waals surface area (Å²) in [6, 6.07) is 7.64. The van der Waals surface area contributed by atoms with Crippen molar-refractivity contribution in [3.63, 3.8) is 0 Å². The molecule has 132 valence electrons. The molecule has 0 unspecified atom stereocenters. The van der Waals surface area contributed by atoms with Crippen LogP contribution >= 0.6 is 22.7 Å². The van der Waals surface area contributed by atoms with E-state index in [1.54, 1.807) is 28.8 Å². The maximum absolute atomic E-state index is 14.1. The summed E-state index contributed by atoms with van der Waals surface area (Å²) in [5.41, 5.74) is 0.377. The van der Waals surface area contributed by atoms with E-state index in [1.165, 1.54) is 35.6 Å². The standard InChI is InChI=1S/C17H12FN3O3S2/c1-2-10-20-16-12(18)4-3-5-13(16)26-17(20)19-14(22)8-6-11-7-9-15(25-11)21(23)24/h2-9H,1,10H2. The smallest absolute Gasteiger partial charge is 0.310 e. The molecule has 0 atom stereocenters. The Balaban J connectivity index is 1.95. The van der Waals surface area contributed by atoms with Crippen LogP contribution in [0.25, 0.3) is 16.3 Å². The van der Waals surface area contributed by atoms with Crippen LogP contribution in [-0.2, 0) is 11.3 Å². The minimum absolute atomic E-state index is 0.00200. The molecule has 0 aliphatic rings. The summed E-state index contributed by atoms with van der Waals surface area (Å²) in [7, 11) is 0. The average molecular weight is 389 g/mol. The molecule has 0 N–H and O–H groups in total.